The number of carbonyl (C=O) groups is 1. The van der Waals surface area contributed by atoms with Gasteiger partial charge in [-0.05, 0) is 51.0 Å². The number of hydrogen-bond acceptors (Lipinski definition) is 3. The molecule has 104 valence electrons. The lowest BCUT2D eigenvalue weighted by Gasteiger charge is -2.34. The molecule has 1 aromatic heterocycles. The maximum Gasteiger partial charge on any atom is 0.336 e. The number of rotatable bonds is 2. The van der Waals surface area contributed by atoms with Crippen LogP contribution < -0.4 is 4.90 Å². The van der Waals surface area contributed by atoms with E-state index in [0.29, 0.717) is 10.9 Å². The summed E-state index contributed by atoms with van der Waals surface area (Å²) < 4.78 is 0. The maximum absolute atomic E-state index is 11.3. The van der Waals surface area contributed by atoms with E-state index in [0.717, 1.165) is 24.2 Å². The van der Waals surface area contributed by atoms with E-state index in [2.05, 4.69) is 23.7 Å². The fourth-order valence-corrected chi connectivity index (χ4v) is 3.07. The molecule has 3 rings (SSSR count). The Morgan fingerprint density at radius 2 is 2.15 bits per heavy atom. The fraction of sp³-hybridized carbons (Fsp3) is 0.375. The lowest BCUT2D eigenvalue weighted by molar-refractivity contribution is 0.0699. The minimum Gasteiger partial charge on any atom is -0.478 e. The molecule has 1 aromatic carbocycles. The van der Waals surface area contributed by atoms with E-state index >= 15 is 0 Å². The van der Waals surface area contributed by atoms with Gasteiger partial charge in [-0.25, -0.2) is 4.79 Å². The Labute approximate surface area is 118 Å². The van der Waals surface area contributed by atoms with Gasteiger partial charge in [0.1, 0.15) is 0 Å². The molecular formula is C16H18N2O2. The third-order valence-corrected chi connectivity index (χ3v) is 4.17. The van der Waals surface area contributed by atoms with Crippen LogP contribution >= 0.6 is 0 Å². The average molecular weight is 270 g/mol. The van der Waals surface area contributed by atoms with Gasteiger partial charge in [0.2, 0.25) is 0 Å². The van der Waals surface area contributed by atoms with Crippen LogP contribution in [0.15, 0.2) is 30.5 Å². The monoisotopic (exact) mass is 270 g/mol. The molecule has 0 atom stereocenters. The second-order valence-electron chi connectivity index (χ2n) is 5.93. The first kappa shape index (κ1) is 12.9. The molecule has 20 heavy (non-hydrogen) atoms. The Balaban J connectivity index is 2.15. The minimum atomic E-state index is -0.907. The standard InChI is InChI=1S/C16H18N2O2/c1-16(2)7-3-9-18(16)11-4-5-14-13(10-11)12(15(19)20)6-8-17-14/h4-6,8,10H,3,7,9H2,1-2H3,(H,19,20). The Morgan fingerprint density at radius 3 is 2.80 bits per heavy atom. The van der Waals surface area contributed by atoms with Crippen LogP contribution in [0.2, 0.25) is 0 Å². The molecule has 0 bridgehead atoms. The van der Waals surface area contributed by atoms with Gasteiger partial charge in [0, 0.05) is 29.4 Å². The average Bonchev–Trinajstić information content (AvgIpc) is 2.77. The molecule has 0 spiro atoms. The van der Waals surface area contributed by atoms with Gasteiger partial charge in [0.15, 0.2) is 0 Å². The summed E-state index contributed by atoms with van der Waals surface area (Å²) in [5.41, 5.74) is 2.24. The normalized spacial score (nSPS) is 17.6. The molecule has 0 amide bonds. The largest absolute Gasteiger partial charge is 0.478 e. The van der Waals surface area contributed by atoms with Crippen LogP contribution in [0.3, 0.4) is 0 Å². The van der Waals surface area contributed by atoms with Crippen molar-refractivity contribution in [2.75, 3.05) is 11.4 Å². The lowest BCUT2D eigenvalue weighted by Crippen LogP contribution is -2.38. The summed E-state index contributed by atoms with van der Waals surface area (Å²) in [5, 5.41) is 10.0. The number of carboxylic acid groups (broad SMARTS) is 1. The Kier molecular flexibility index (Phi) is 2.89. The van der Waals surface area contributed by atoms with Gasteiger partial charge in [0.05, 0.1) is 11.1 Å². The summed E-state index contributed by atoms with van der Waals surface area (Å²) in [6.07, 6.45) is 3.87. The van der Waals surface area contributed by atoms with Gasteiger partial charge < -0.3 is 10.0 Å². The highest BCUT2D eigenvalue weighted by atomic mass is 16.4. The van der Waals surface area contributed by atoms with Gasteiger partial charge >= 0.3 is 5.97 Å². The summed E-state index contributed by atoms with van der Waals surface area (Å²) >= 11 is 0. The molecule has 4 heteroatoms. The summed E-state index contributed by atoms with van der Waals surface area (Å²) in [7, 11) is 0. The quantitative estimate of drug-likeness (QED) is 0.909. The minimum absolute atomic E-state index is 0.124. The summed E-state index contributed by atoms with van der Waals surface area (Å²) in [6, 6.07) is 7.46. The molecule has 0 aliphatic carbocycles. The molecule has 2 heterocycles. The first-order chi connectivity index (χ1) is 9.49. The molecule has 0 unspecified atom stereocenters. The van der Waals surface area contributed by atoms with E-state index in [4.69, 9.17) is 0 Å². The molecule has 2 aromatic rings. The summed E-state index contributed by atoms with van der Waals surface area (Å²) in [5.74, 6) is -0.907. The highest BCUT2D eigenvalue weighted by Crippen LogP contribution is 2.35. The van der Waals surface area contributed by atoms with E-state index in [1.165, 1.54) is 6.42 Å². The van der Waals surface area contributed by atoms with Crippen molar-refractivity contribution in [2.45, 2.75) is 32.2 Å². The van der Waals surface area contributed by atoms with Gasteiger partial charge in [-0.3, -0.25) is 4.98 Å². The number of aromatic nitrogens is 1. The SMILES string of the molecule is CC1(C)CCCN1c1ccc2nccc(C(=O)O)c2c1. The smallest absolute Gasteiger partial charge is 0.336 e. The number of anilines is 1. The van der Waals surface area contributed by atoms with E-state index in [9.17, 15) is 9.90 Å². The van der Waals surface area contributed by atoms with Crippen molar-refractivity contribution < 1.29 is 9.90 Å². The van der Waals surface area contributed by atoms with Crippen LogP contribution in [0.4, 0.5) is 5.69 Å². The first-order valence-corrected chi connectivity index (χ1v) is 6.89. The zero-order valence-electron chi connectivity index (χ0n) is 11.8. The molecular weight excluding hydrogens is 252 g/mol. The number of benzene rings is 1. The van der Waals surface area contributed by atoms with Crippen molar-refractivity contribution in [1.82, 2.24) is 4.98 Å². The number of pyridine rings is 1. The van der Waals surface area contributed by atoms with E-state index < -0.39 is 5.97 Å². The topological polar surface area (TPSA) is 53.4 Å². The second-order valence-corrected chi connectivity index (χ2v) is 5.93. The highest BCUT2D eigenvalue weighted by Gasteiger charge is 2.32. The number of nitrogens with zero attached hydrogens (tertiary/aromatic N) is 2. The predicted octanol–water partition coefficient (Wildman–Crippen LogP) is 3.31. The van der Waals surface area contributed by atoms with Gasteiger partial charge in [-0.1, -0.05) is 0 Å². The van der Waals surface area contributed by atoms with Gasteiger partial charge in [0.25, 0.3) is 0 Å². The number of hydrogen-bond donors (Lipinski definition) is 1. The van der Waals surface area contributed by atoms with Gasteiger partial charge in [-0.15, -0.1) is 0 Å². The van der Waals surface area contributed by atoms with Crippen molar-refractivity contribution in [3.05, 3.63) is 36.0 Å². The van der Waals surface area contributed by atoms with Crippen LogP contribution in [0, 0.1) is 0 Å². The molecule has 1 saturated heterocycles. The van der Waals surface area contributed by atoms with Gasteiger partial charge in [-0.2, -0.15) is 0 Å². The van der Waals surface area contributed by atoms with Crippen molar-refractivity contribution in [3.8, 4) is 0 Å². The molecule has 0 saturated carbocycles. The van der Waals surface area contributed by atoms with E-state index in [1.807, 2.05) is 18.2 Å². The van der Waals surface area contributed by atoms with Crippen LogP contribution in [0.5, 0.6) is 0 Å². The van der Waals surface area contributed by atoms with Crippen LogP contribution in [0.25, 0.3) is 10.9 Å². The lowest BCUT2D eigenvalue weighted by atomic mass is 10.0. The van der Waals surface area contributed by atoms with Crippen LogP contribution in [-0.2, 0) is 0 Å². The molecule has 1 fully saturated rings. The fourth-order valence-electron chi connectivity index (χ4n) is 3.07. The third-order valence-electron chi connectivity index (χ3n) is 4.17. The summed E-state index contributed by atoms with van der Waals surface area (Å²) in [6.45, 7) is 5.47. The van der Waals surface area contributed by atoms with Crippen molar-refractivity contribution in [2.24, 2.45) is 0 Å². The first-order valence-electron chi connectivity index (χ1n) is 6.89. The highest BCUT2D eigenvalue weighted by molar-refractivity contribution is 6.03. The van der Waals surface area contributed by atoms with E-state index in [-0.39, 0.29) is 5.54 Å². The number of carboxylic acids is 1. The Morgan fingerprint density at radius 1 is 1.35 bits per heavy atom. The molecule has 0 radical (unpaired) electrons. The molecule has 1 aliphatic heterocycles. The Hall–Kier alpha value is -2.10. The predicted molar refractivity (Wildman–Crippen MR) is 79.4 cm³/mol. The summed E-state index contributed by atoms with van der Waals surface area (Å²) in [4.78, 5) is 17.9. The second kappa shape index (κ2) is 4.47. The van der Waals surface area contributed by atoms with Crippen molar-refractivity contribution in [3.63, 3.8) is 0 Å². The zero-order chi connectivity index (χ0) is 14.3. The third kappa shape index (κ3) is 2.01. The zero-order valence-corrected chi connectivity index (χ0v) is 11.8. The number of aromatic carboxylic acids is 1. The van der Waals surface area contributed by atoms with Crippen molar-refractivity contribution in [1.29, 1.82) is 0 Å². The maximum atomic E-state index is 11.3. The molecule has 4 nitrogen and oxygen atoms in total. The molecule has 1 N–H and O–H groups in total. The number of fused-ring (bicyclic) bond motifs is 1. The van der Waals surface area contributed by atoms with Crippen LogP contribution in [-0.4, -0.2) is 28.1 Å². The Bertz CT molecular complexity index is 679. The molecule has 1 aliphatic rings. The van der Waals surface area contributed by atoms with E-state index in [1.54, 1.807) is 12.3 Å². The van der Waals surface area contributed by atoms with Crippen LogP contribution in [0.1, 0.15) is 37.0 Å². The van der Waals surface area contributed by atoms with Crippen molar-refractivity contribution >= 4 is 22.6 Å².